The van der Waals surface area contributed by atoms with Crippen LogP contribution in [0.4, 0.5) is 0 Å². The number of morpholine rings is 1. The fourth-order valence-corrected chi connectivity index (χ4v) is 5.33. The van der Waals surface area contributed by atoms with Crippen LogP contribution in [0.3, 0.4) is 0 Å². The van der Waals surface area contributed by atoms with Gasteiger partial charge in [0.05, 0.1) is 45.0 Å². The number of aliphatic hydroxyl groups excluding tert-OH is 1. The minimum Gasteiger partial charge on any atom is -0.394 e. The quantitative estimate of drug-likeness (QED) is 0.663. The Morgan fingerprint density at radius 3 is 2.35 bits per heavy atom. The van der Waals surface area contributed by atoms with Crippen molar-refractivity contribution in [2.24, 2.45) is 0 Å². The van der Waals surface area contributed by atoms with Gasteiger partial charge in [-0.2, -0.15) is 0 Å². The van der Waals surface area contributed by atoms with Crippen molar-refractivity contribution in [3.63, 3.8) is 0 Å². The number of rotatable bonds is 6. The lowest BCUT2D eigenvalue weighted by atomic mass is 9.73. The van der Waals surface area contributed by atoms with Gasteiger partial charge in [-0.25, -0.2) is 0 Å². The Kier molecular flexibility index (Phi) is 6.76. The summed E-state index contributed by atoms with van der Waals surface area (Å²) in [5.74, 6) is -0.0770. The van der Waals surface area contributed by atoms with E-state index in [9.17, 15) is 14.7 Å². The molecule has 3 fully saturated rings. The van der Waals surface area contributed by atoms with Gasteiger partial charge in [0.15, 0.2) is 0 Å². The number of carbonyl (C=O) groups is 2. The molecule has 7 nitrogen and oxygen atoms in total. The Balaban J connectivity index is 1.27. The van der Waals surface area contributed by atoms with Crippen molar-refractivity contribution in [3.8, 4) is 0 Å². The summed E-state index contributed by atoms with van der Waals surface area (Å²) in [5.41, 5.74) is 3.32. The average Bonchev–Trinajstić information content (AvgIpc) is 2.86. The molecule has 3 atom stereocenters. The number of nitrogens with zero attached hydrogens (tertiary/aromatic N) is 3. The van der Waals surface area contributed by atoms with Crippen LogP contribution < -0.4 is 0 Å². The molecule has 0 aliphatic carbocycles. The molecule has 178 valence electrons. The van der Waals surface area contributed by atoms with Gasteiger partial charge in [-0.1, -0.05) is 66.7 Å². The van der Waals surface area contributed by atoms with Crippen molar-refractivity contribution in [1.29, 1.82) is 0 Å². The highest BCUT2D eigenvalue weighted by Crippen LogP contribution is 2.43. The number of carbonyl (C=O) groups excluding carboxylic acids is 2. The van der Waals surface area contributed by atoms with Gasteiger partial charge >= 0.3 is 0 Å². The van der Waals surface area contributed by atoms with Crippen LogP contribution in [0.5, 0.6) is 0 Å². The topological polar surface area (TPSA) is 73.3 Å². The van der Waals surface area contributed by atoms with Crippen LogP contribution in [0.25, 0.3) is 12.2 Å². The zero-order chi connectivity index (χ0) is 23.5. The third kappa shape index (κ3) is 4.64. The summed E-state index contributed by atoms with van der Waals surface area (Å²) in [6.07, 6.45) is 4.15. The van der Waals surface area contributed by atoms with Crippen molar-refractivity contribution in [2.45, 2.75) is 18.0 Å². The molecule has 0 aromatic heterocycles. The first-order chi connectivity index (χ1) is 16.6. The van der Waals surface area contributed by atoms with E-state index >= 15 is 0 Å². The van der Waals surface area contributed by atoms with Gasteiger partial charge in [0, 0.05) is 25.6 Å². The predicted molar refractivity (Wildman–Crippen MR) is 130 cm³/mol. The SMILES string of the molecule is O=C(CN1CCOCC1)N1CC(=O)N2[C@@H](CO)[C@H](c3ccc(/C=C/c4ccccc4)cc3)[C@@H]2C1. The van der Waals surface area contributed by atoms with Crippen LogP contribution in [0, 0.1) is 0 Å². The Bertz CT molecular complexity index is 1030. The zero-order valence-corrected chi connectivity index (χ0v) is 19.3. The van der Waals surface area contributed by atoms with Gasteiger partial charge in [0.1, 0.15) is 0 Å². The number of hydrogen-bond donors (Lipinski definition) is 1. The second-order valence-corrected chi connectivity index (χ2v) is 9.22. The third-order valence-corrected chi connectivity index (χ3v) is 7.16. The highest BCUT2D eigenvalue weighted by Gasteiger charge is 2.54. The zero-order valence-electron chi connectivity index (χ0n) is 19.3. The van der Waals surface area contributed by atoms with Crippen LogP contribution in [0.1, 0.15) is 22.6 Å². The van der Waals surface area contributed by atoms with Crippen molar-refractivity contribution in [3.05, 3.63) is 71.3 Å². The monoisotopic (exact) mass is 461 g/mol. The molecule has 3 heterocycles. The number of aliphatic hydroxyl groups is 1. The normalized spacial score (nSPS) is 25.3. The van der Waals surface area contributed by atoms with Crippen molar-refractivity contribution < 1.29 is 19.4 Å². The molecule has 0 bridgehead atoms. The summed E-state index contributed by atoms with van der Waals surface area (Å²) in [6.45, 7) is 3.59. The van der Waals surface area contributed by atoms with Gasteiger partial charge in [-0.15, -0.1) is 0 Å². The van der Waals surface area contributed by atoms with Gasteiger partial charge < -0.3 is 19.6 Å². The highest BCUT2D eigenvalue weighted by molar-refractivity contribution is 5.88. The van der Waals surface area contributed by atoms with E-state index in [-0.39, 0.29) is 43.0 Å². The fourth-order valence-electron chi connectivity index (χ4n) is 5.33. The first-order valence-corrected chi connectivity index (χ1v) is 12.0. The van der Waals surface area contributed by atoms with E-state index in [1.165, 1.54) is 0 Å². The Morgan fingerprint density at radius 1 is 1.00 bits per heavy atom. The van der Waals surface area contributed by atoms with Crippen LogP contribution in [-0.4, -0.2) is 96.2 Å². The number of hydrogen-bond acceptors (Lipinski definition) is 5. The van der Waals surface area contributed by atoms with Crippen molar-refractivity contribution in [2.75, 3.05) is 52.5 Å². The van der Waals surface area contributed by atoms with Crippen LogP contribution in [-0.2, 0) is 14.3 Å². The lowest BCUT2D eigenvalue weighted by Crippen LogP contribution is -2.73. The minimum atomic E-state index is -0.236. The average molecular weight is 462 g/mol. The summed E-state index contributed by atoms with van der Waals surface area (Å²) in [6, 6.07) is 18.1. The summed E-state index contributed by atoms with van der Waals surface area (Å²) in [5, 5.41) is 10.0. The first-order valence-electron chi connectivity index (χ1n) is 12.0. The van der Waals surface area contributed by atoms with E-state index in [1.54, 1.807) is 9.80 Å². The van der Waals surface area contributed by atoms with Crippen molar-refractivity contribution in [1.82, 2.24) is 14.7 Å². The number of piperazine rings is 1. The Labute approximate surface area is 200 Å². The molecule has 3 aliphatic heterocycles. The van der Waals surface area contributed by atoms with Gasteiger partial charge in [-0.05, 0) is 16.7 Å². The highest BCUT2D eigenvalue weighted by atomic mass is 16.5. The van der Waals surface area contributed by atoms with Crippen molar-refractivity contribution >= 4 is 24.0 Å². The molecule has 0 radical (unpaired) electrons. The Hall–Kier alpha value is -3.00. The molecular formula is C27H31N3O4. The summed E-state index contributed by atoms with van der Waals surface area (Å²) >= 11 is 0. The second kappa shape index (κ2) is 10.1. The van der Waals surface area contributed by atoms with Crippen LogP contribution >= 0.6 is 0 Å². The molecule has 2 aromatic carbocycles. The summed E-state index contributed by atoms with van der Waals surface area (Å²) < 4.78 is 5.36. The molecule has 1 N–H and O–H groups in total. The van der Waals surface area contributed by atoms with Gasteiger partial charge in [0.2, 0.25) is 11.8 Å². The maximum Gasteiger partial charge on any atom is 0.242 e. The molecule has 3 saturated heterocycles. The van der Waals surface area contributed by atoms with E-state index in [0.717, 1.165) is 29.8 Å². The molecule has 34 heavy (non-hydrogen) atoms. The first kappa shape index (κ1) is 22.8. The minimum absolute atomic E-state index is 0.0116. The van der Waals surface area contributed by atoms with Gasteiger partial charge in [0.25, 0.3) is 0 Å². The third-order valence-electron chi connectivity index (χ3n) is 7.16. The fraction of sp³-hybridized carbons (Fsp3) is 0.407. The van der Waals surface area contributed by atoms with E-state index in [1.807, 2.05) is 18.2 Å². The molecule has 3 aliphatic rings. The molecule has 0 unspecified atom stereocenters. The number of amides is 2. The van der Waals surface area contributed by atoms with E-state index in [4.69, 9.17) is 4.74 Å². The van der Waals surface area contributed by atoms with E-state index in [0.29, 0.717) is 26.3 Å². The Morgan fingerprint density at radius 2 is 1.68 bits per heavy atom. The molecule has 5 rings (SSSR count). The second-order valence-electron chi connectivity index (χ2n) is 9.22. The van der Waals surface area contributed by atoms with Crippen LogP contribution in [0.15, 0.2) is 54.6 Å². The smallest absolute Gasteiger partial charge is 0.242 e. The lowest BCUT2D eigenvalue weighted by Gasteiger charge is -2.58. The maximum absolute atomic E-state index is 12.9. The molecule has 7 heteroatoms. The molecular weight excluding hydrogens is 430 g/mol. The largest absolute Gasteiger partial charge is 0.394 e. The number of fused-ring (bicyclic) bond motifs is 1. The van der Waals surface area contributed by atoms with E-state index < -0.39 is 0 Å². The number of benzene rings is 2. The number of ether oxygens (including phenoxy) is 1. The lowest BCUT2D eigenvalue weighted by molar-refractivity contribution is -0.167. The molecule has 0 spiro atoms. The summed E-state index contributed by atoms with van der Waals surface area (Å²) in [7, 11) is 0. The maximum atomic E-state index is 12.9. The standard InChI is InChI=1S/C27H31N3O4/c31-19-24-27(22-10-8-21(9-11-22)7-6-20-4-2-1-3-5-20)23-16-29(18-26(33)30(23)24)25(32)17-28-12-14-34-15-13-28/h1-11,23-24,27,31H,12-19H2/b7-6+/t23-,24-,27+/m0/s1. The predicted octanol–water partition coefficient (Wildman–Crippen LogP) is 1.69. The van der Waals surface area contributed by atoms with Crippen LogP contribution in [0.2, 0.25) is 0 Å². The molecule has 0 saturated carbocycles. The van der Waals surface area contributed by atoms with E-state index in [2.05, 4.69) is 53.5 Å². The molecule has 2 amide bonds. The summed E-state index contributed by atoms with van der Waals surface area (Å²) in [4.78, 5) is 31.4. The van der Waals surface area contributed by atoms with Gasteiger partial charge in [-0.3, -0.25) is 14.5 Å². The molecule has 2 aromatic rings.